The van der Waals surface area contributed by atoms with E-state index in [1.165, 1.54) is 0 Å². The second kappa shape index (κ2) is 3.11. The molecule has 0 amide bonds. The molecule has 0 aromatic rings. The maximum Gasteiger partial charge on any atom is 0.0637 e. The Kier molecular flexibility index (Phi) is 2.39. The summed E-state index contributed by atoms with van der Waals surface area (Å²) in [6.45, 7) is 2.14. The van der Waals surface area contributed by atoms with Crippen molar-refractivity contribution < 1.29 is 0 Å². The third kappa shape index (κ3) is 1.35. The molecular formula is C8H12ClN. The van der Waals surface area contributed by atoms with E-state index in [4.69, 9.17) is 11.6 Å². The Bertz CT molecular complexity index is 172. The van der Waals surface area contributed by atoms with Gasteiger partial charge in [0.15, 0.2) is 0 Å². The van der Waals surface area contributed by atoms with Crippen LogP contribution in [-0.4, -0.2) is 18.0 Å². The smallest absolute Gasteiger partial charge is 0.0637 e. The molecule has 0 fully saturated rings. The Hall–Kier alpha value is -0.430. The lowest BCUT2D eigenvalue weighted by Gasteiger charge is -2.27. The Labute approximate surface area is 67.0 Å². The van der Waals surface area contributed by atoms with Gasteiger partial charge in [0.1, 0.15) is 0 Å². The fourth-order valence-electron chi connectivity index (χ4n) is 1.16. The molecule has 0 radical (unpaired) electrons. The van der Waals surface area contributed by atoms with E-state index in [0.717, 1.165) is 11.5 Å². The molecule has 0 saturated carbocycles. The van der Waals surface area contributed by atoms with Crippen LogP contribution in [-0.2, 0) is 0 Å². The Morgan fingerprint density at radius 3 is 2.80 bits per heavy atom. The largest absolute Gasteiger partial charge is 0.373 e. The van der Waals surface area contributed by atoms with Crippen LogP contribution in [0.4, 0.5) is 0 Å². The van der Waals surface area contributed by atoms with Gasteiger partial charge >= 0.3 is 0 Å². The van der Waals surface area contributed by atoms with Gasteiger partial charge in [0, 0.05) is 12.1 Å². The molecule has 1 rings (SSSR count). The van der Waals surface area contributed by atoms with E-state index in [2.05, 4.69) is 11.8 Å². The molecule has 1 nitrogen and oxygen atoms in total. The molecule has 1 heterocycles. The van der Waals surface area contributed by atoms with Crippen molar-refractivity contribution in [3.63, 3.8) is 0 Å². The number of rotatable bonds is 1. The lowest BCUT2D eigenvalue weighted by Crippen LogP contribution is -2.28. The van der Waals surface area contributed by atoms with E-state index >= 15 is 0 Å². The van der Waals surface area contributed by atoms with Crippen LogP contribution in [0.3, 0.4) is 0 Å². The van der Waals surface area contributed by atoms with Crippen LogP contribution < -0.4 is 0 Å². The standard InChI is InChI=1S/C8H12ClN/c1-3-8-7(9)5-4-6-10(8)2/h4-6,8H,3H2,1-2H3. The molecule has 56 valence electrons. The third-order valence-corrected chi connectivity index (χ3v) is 2.15. The van der Waals surface area contributed by atoms with Gasteiger partial charge in [-0.2, -0.15) is 0 Å². The van der Waals surface area contributed by atoms with Crippen LogP contribution in [0.25, 0.3) is 0 Å². The van der Waals surface area contributed by atoms with E-state index in [0.29, 0.717) is 6.04 Å². The first-order valence-corrected chi connectivity index (χ1v) is 3.89. The van der Waals surface area contributed by atoms with Crippen molar-refractivity contribution in [2.24, 2.45) is 0 Å². The summed E-state index contributed by atoms with van der Waals surface area (Å²) in [6, 6.07) is 0.395. The fraction of sp³-hybridized carbons (Fsp3) is 0.500. The van der Waals surface area contributed by atoms with Crippen LogP contribution in [0.5, 0.6) is 0 Å². The third-order valence-electron chi connectivity index (χ3n) is 1.77. The van der Waals surface area contributed by atoms with Gasteiger partial charge in [0.25, 0.3) is 0 Å². The minimum absolute atomic E-state index is 0.395. The fourth-order valence-corrected chi connectivity index (χ4v) is 1.54. The van der Waals surface area contributed by atoms with Crippen LogP contribution in [0.1, 0.15) is 13.3 Å². The van der Waals surface area contributed by atoms with Crippen LogP contribution in [0.2, 0.25) is 0 Å². The van der Waals surface area contributed by atoms with Gasteiger partial charge in [-0.25, -0.2) is 0 Å². The molecule has 2 heteroatoms. The maximum absolute atomic E-state index is 5.95. The topological polar surface area (TPSA) is 3.24 Å². The molecule has 0 aromatic carbocycles. The molecule has 0 aliphatic carbocycles. The highest BCUT2D eigenvalue weighted by Crippen LogP contribution is 2.20. The van der Waals surface area contributed by atoms with Crippen molar-refractivity contribution >= 4 is 11.6 Å². The number of likely N-dealkylation sites (N-methyl/N-ethyl adjacent to an activating group) is 1. The van der Waals surface area contributed by atoms with Gasteiger partial charge in [0.2, 0.25) is 0 Å². The quantitative estimate of drug-likeness (QED) is 0.565. The summed E-state index contributed by atoms with van der Waals surface area (Å²) in [6.07, 6.45) is 7.03. The number of hydrogen-bond acceptors (Lipinski definition) is 1. The summed E-state index contributed by atoms with van der Waals surface area (Å²) >= 11 is 5.95. The average Bonchev–Trinajstić information content (AvgIpc) is 1.88. The number of nitrogens with zero attached hydrogens (tertiary/aromatic N) is 1. The summed E-state index contributed by atoms with van der Waals surface area (Å²) in [7, 11) is 2.04. The highest BCUT2D eigenvalue weighted by atomic mass is 35.5. The molecule has 0 N–H and O–H groups in total. The number of hydrogen-bond donors (Lipinski definition) is 0. The van der Waals surface area contributed by atoms with Crippen LogP contribution >= 0.6 is 11.6 Å². The minimum Gasteiger partial charge on any atom is -0.373 e. The molecule has 1 aliphatic heterocycles. The molecule has 0 bridgehead atoms. The van der Waals surface area contributed by atoms with E-state index in [9.17, 15) is 0 Å². The second-order valence-electron chi connectivity index (χ2n) is 2.48. The van der Waals surface area contributed by atoms with Crippen molar-refractivity contribution in [3.8, 4) is 0 Å². The first kappa shape index (κ1) is 7.67. The number of allylic oxidation sites excluding steroid dienone is 2. The molecule has 0 saturated heterocycles. The average molecular weight is 158 g/mol. The maximum atomic E-state index is 5.95. The van der Waals surface area contributed by atoms with Gasteiger partial charge < -0.3 is 4.90 Å². The molecule has 1 unspecified atom stereocenters. The predicted octanol–water partition coefficient (Wildman–Crippen LogP) is 2.35. The van der Waals surface area contributed by atoms with Gasteiger partial charge in [-0.3, -0.25) is 0 Å². The summed E-state index contributed by atoms with van der Waals surface area (Å²) < 4.78 is 0. The van der Waals surface area contributed by atoms with Crippen molar-refractivity contribution in [3.05, 3.63) is 23.4 Å². The monoisotopic (exact) mass is 157 g/mol. The number of halogens is 1. The van der Waals surface area contributed by atoms with Gasteiger partial charge in [-0.05, 0) is 24.8 Å². The van der Waals surface area contributed by atoms with Gasteiger partial charge in [0.05, 0.1) is 6.04 Å². The first-order valence-electron chi connectivity index (χ1n) is 3.51. The molecule has 1 atom stereocenters. The summed E-state index contributed by atoms with van der Waals surface area (Å²) in [5, 5.41) is 0.938. The zero-order valence-electron chi connectivity index (χ0n) is 6.34. The molecule has 0 spiro atoms. The summed E-state index contributed by atoms with van der Waals surface area (Å²) in [4.78, 5) is 2.13. The molecule has 0 aromatic heterocycles. The molecule has 10 heavy (non-hydrogen) atoms. The van der Waals surface area contributed by atoms with Gasteiger partial charge in [-0.1, -0.05) is 18.5 Å². The minimum atomic E-state index is 0.395. The van der Waals surface area contributed by atoms with E-state index in [1.54, 1.807) is 0 Å². The highest BCUT2D eigenvalue weighted by molar-refractivity contribution is 6.30. The van der Waals surface area contributed by atoms with Crippen molar-refractivity contribution in [2.75, 3.05) is 7.05 Å². The Morgan fingerprint density at radius 1 is 1.70 bits per heavy atom. The first-order chi connectivity index (χ1) is 4.75. The van der Waals surface area contributed by atoms with E-state index in [-0.39, 0.29) is 0 Å². The van der Waals surface area contributed by atoms with Gasteiger partial charge in [-0.15, -0.1) is 0 Å². The van der Waals surface area contributed by atoms with Crippen LogP contribution in [0.15, 0.2) is 23.4 Å². The van der Waals surface area contributed by atoms with E-state index < -0.39 is 0 Å². The SMILES string of the molecule is CCC1C(Cl)=CC=CN1C. The Balaban J connectivity index is 2.71. The molecular weight excluding hydrogens is 146 g/mol. The zero-order chi connectivity index (χ0) is 7.56. The van der Waals surface area contributed by atoms with Crippen LogP contribution in [0, 0.1) is 0 Å². The highest BCUT2D eigenvalue weighted by Gasteiger charge is 2.14. The second-order valence-corrected chi connectivity index (χ2v) is 2.92. The Morgan fingerprint density at radius 2 is 2.40 bits per heavy atom. The lowest BCUT2D eigenvalue weighted by atomic mass is 10.1. The zero-order valence-corrected chi connectivity index (χ0v) is 7.10. The van der Waals surface area contributed by atoms with Crippen molar-refractivity contribution in [1.29, 1.82) is 0 Å². The normalized spacial score (nSPS) is 24.9. The van der Waals surface area contributed by atoms with E-state index in [1.807, 2.05) is 25.4 Å². The lowest BCUT2D eigenvalue weighted by molar-refractivity contribution is 0.366. The molecule has 1 aliphatic rings. The van der Waals surface area contributed by atoms with Crippen molar-refractivity contribution in [2.45, 2.75) is 19.4 Å². The summed E-state index contributed by atoms with van der Waals surface area (Å²) in [5.41, 5.74) is 0. The van der Waals surface area contributed by atoms with Crippen molar-refractivity contribution in [1.82, 2.24) is 4.90 Å². The predicted molar refractivity (Wildman–Crippen MR) is 44.9 cm³/mol. The summed E-state index contributed by atoms with van der Waals surface area (Å²) in [5.74, 6) is 0.